The van der Waals surface area contributed by atoms with Gasteiger partial charge >= 0.3 is 0 Å². The van der Waals surface area contributed by atoms with Gasteiger partial charge in [-0.05, 0) is 92.6 Å². The maximum atomic E-state index is 5.93. The van der Waals surface area contributed by atoms with Crippen LogP contribution in [0.25, 0.3) is 5.69 Å². The number of hydrogen-bond acceptors (Lipinski definition) is 3. The second-order valence-electron chi connectivity index (χ2n) is 9.36. The van der Waals surface area contributed by atoms with Gasteiger partial charge in [-0.25, -0.2) is 0 Å². The van der Waals surface area contributed by atoms with Crippen LogP contribution in [0.1, 0.15) is 40.3 Å². The van der Waals surface area contributed by atoms with Crippen LogP contribution in [-0.4, -0.2) is 28.8 Å². The van der Waals surface area contributed by atoms with Crippen molar-refractivity contribution >= 4 is 28.7 Å². The van der Waals surface area contributed by atoms with Crippen LogP contribution in [0.2, 0.25) is 0 Å². The zero-order valence-electron chi connectivity index (χ0n) is 20.9. The molecule has 1 aliphatic rings. The van der Waals surface area contributed by atoms with Gasteiger partial charge in [-0.2, -0.15) is 0 Å². The predicted octanol–water partition coefficient (Wildman–Crippen LogP) is 6.04. The lowest BCUT2D eigenvalue weighted by Gasteiger charge is -2.28. The zero-order chi connectivity index (χ0) is 24.7. The van der Waals surface area contributed by atoms with E-state index in [9.17, 15) is 0 Å². The molecule has 5 rings (SSSR count). The van der Waals surface area contributed by atoms with E-state index in [4.69, 9.17) is 17.2 Å². The Morgan fingerprint density at radius 3 is 2.29 bits per heavy atom. The molecule has 1 saturated heterocycles. The van der Waals surface area contributed by atoms with Crippen molar-refractivity contribution in [2.45, 2.75) is 32.9 Å². The summed E-state index contributed by atoms with van der Waals surface area (Å²) in [5.74, 6) is 0. The first kappa shape index (κ1) is 23.1. The number of benzene rings is 2. The van der Waals surface area contributed by atoms with Crippen molar-refractivity contribution in [1.82, 2.24) is 14.9 Å². The third-order valence-electron chi connectivity index (χ3n) is 6.89. The number of rotatable bonds is 5. The number of thiocarbonyl (C=S) groups is 1. The van der Waals surface area contributed by atoms with E-state index >= 15 is 0 Å². The van der Waals surface area contributed by atoms with Gasteiger partial charge in [0.1, 0.15) is 0 Å². The summed E-state index contributed by atoms with van der Waals surface area (Å²) in [7, 11) is 4.11. The smallest absolute Gasteiger partial charge is 0.174 e. The Bertz CT molecular complexity index is 1360. The van der Waals surface area contributed by atoms with Crippen LogP contribution in [0.5, 0.6) is 0 Å². The Morgan fingerprint density at radius 1 is 0.914 bits per heavy atom. The summed E-state index contributed by atoms with van der Waals surface area (Å²) in [6.45, 7) is 6.55. The fourth-order valence-electron chi connectivity index (χ4n) is 5.13. The number of nitrogens with one attached hydrogen (secondary N) is 1. The van der Waals surface area contributed by atoms with E-state index in [-0.39, 0.29) is 12.1 Å². The molecular formula is C29H31N5S. The molecule has 4 aromatic rings. The second-order valence-corrected chi connectivity index (χ2v) is 9.74. The van der Waals surface area contributed by atoms with Crippen LogP contribution >= 0.6 is 12.2 Å². The highest BCUT2D eigenvalue weighted by Gasteiger charge is 2.42. The average Bonchev–Trinajstić information content (AvgIpc) is 3.35. The minimum absolute atomic E-state index is 0.0356. The normalized spacial score (nSPS) is 17.5. The van der Waals surface area contributed by atoms with Crippen LogP contribution in [-0.2, 0) is 0 Å². The van der Waals surface area contributed by atoms with E-state index in [0.717, 1.165) is 17.1 Å². The first-order valence-electron chi connectivity index (χ1n) is 11.9. The van der Waals surface area contributed by atoms with Gasteiger partial charge in [0.25, 0.3) is 0 Å². The summed E-state index contributed by atoms with van der Waals surface area (Å²) in [5, 5.41) is 4.30. The fraction of sp³-hybridized carbons (Fsp3) is 0.241. The van der Waals surface area contributed by atoms with E-state index in [0.29, 0.717) is 5.11 Å². The van der Waals surface area contributed by atoms with Crippen molar-refractivity contribution in [1.29, 1.82) is 0 Å². The third kappa shape index (κ3) is 4.08. The molecule has 6 heteroatoms. The molecule has 2 atom stereocenters. The van der Waals surface area contributed by atoms with E-state index < -0.39 is 0 Å². The number of para-hydroxylation sites is 1. The van der Waals surface area contributed by atoms with Gasteiger partial charge in [0.15, 0.2) is 5.11 Å². The molecule has 3 heterocycles. The van der Waals surface area contributed by atoms with Gasteiger partial charge in [-0.3, -0.25) is 4.98 Å². The van der Waals surface area contributed by atoms with Crippen LogP contribution in [0, 0.1) is 20.8 Å². The van der Waals surface area contributed by atoms with Crippen molar-refractivity contribution in [3.63, 3.8) is 0 Å². The minimum Gasteiger partial charge on any atom is -0.378 e. The average molecular weight is 482 g/mol. The molecule has 0 amide bonds. The summed E-state index contributed by atoms with van der Waals surface area (Å²) in [6, 6.07) is 25.4. The predicted molar refractivity (Wildman–Crippen MR) is 149 cm³/mol. The highest BCUT2D eigenvalue weighted by molar-refractivity contribution is 7.80. The zero-order valence-corrected chi connectivity index (χ0v) is 21.7. The van der Waals surface area contributed by atoms with Crippen LogP contribution in [0.3, 0.4) is 0 Å². The Kier molecular flexibility index (Phi) is 6.07. The van der Waals surface area contributed by atoms with Crippen LogP contribution in [0.15, 0.2) is 79.0 Å². The van der Waals surface area contributed by atoms with Crippen molar-refractivity contribution < 1.29 is 0 Å². The number of anilines is 2. The summed E-state index contributed by atoms with van der Waals surface area (Å²) >= 11 is 5.93. The van der Waals surface area contributed by atoms with Crippen molar-refractivity contribution in [2.75, 3.05) is 23.9 Å². The lowest BCUT2D eigenvalue weighted by atomic mass is 9.96. The second kappa shape index (κ2) is 9.19. The van der Waals surface area contributed by atoms with E-state index in [1.165, 1.54) is 28.2 Å². The number of nitrogens with zero attached hydrogens (tertiary/aromatic N) is 4. The SMILES string of the molecule is Cc1ccccc1-n1c(C)cc([C@@H]2[C@@H](c3ccccn3)NC(=S)N2c2ccc(N(C)C)cc2)c1C. The number of aromatic nitrogens is 2. The van der Waals surface area contributed by atoms with Gasteiger partial charge in [0.2, 0.25) is 0 Å². The Labute approximate surface area is 213 Å². The quantitative estimate of drug-likeness (QED) is 0.352. The van der Waals surface area contributed by atoms with Crippen LogP contribution < -0.4 is 15.1 Å². The first-order chi connectivity index (χ1) is 16.9. The highest BCUT2D eigenvalue weighted by atomic mass is 32.1. The van der Waals surface area contributed by atoms with Crippen LogP contribution in [0.4, 0.5) is 11.4 Å². The molecule has 0 radical (unpaired) electrons. The molecular weight excluding hydrogens is 450 g/mol. The lowest BCUT2D eigenvalue weighted by molar-refractivity contribution is 0.565. The Morgan fingerprint density at radius 2 is 1.63 bits per heavy atom. The van der Waals surface area contributed by atoms with Gasteiger partial charge < -0.3 is 19.7 Å². The monoisotopic (exact) mass is 481 g/mol. The molecule has 5 nitrogen and oxygen atoms in total. The standard InChI is InChI=1S/C29H31N5S/c1-19-10-6-7-12-26(19)33-20(2)18-24(21(33)3)28-27(25-11-8-9-17-30-25)31-29(35)34(28)23-15-13-22(14-16-23)32(4)5/h6-18,27-28H,1-5H3,(H,31,35)/t27-,28-/m1/s1. The molecule has 2 aromatic heterocycles. The maximum Gasteiger partial charge on any atom is 0.174 e. The Hall–Kier alpha value is -3.64. The largest absolute Gasteiger partial charge is 0.378 e. The van der Waals surface area contributed by atoms with Gasteiger partial charge in [-0.1, -0.05) is 24.3 Å². The Balaban J connectivity index is 1.67. The third-order valence-corrected chi connectivity index (χ3v) is 7.20. The van der Waals surface area contributed by atoms with E-state index in [1.54, 1.807) is 0 Å². The fourth-order valence-corrected chi connectivity index (χ4v) is 5.48. The van der Waals surface area contributed by atoms with Crippen molar-refractivity contribution in [3.8, 4) is 5.69 Å². The number of pyridine rings is 1. The number of hydrogen-bond donors (Lipinski definition) is 1. The summed E-state index contributed by atoms with van der Waals surface area (Å²) in [5.41, 5.74) is 9.31. The lowest BCUT2D eigenvalue weighted by Crippen LogP contribution is -2.29. The molecule has 0 saturated carbocycles. The van der Waals surface area contributed by atoms with Gasteiger partial charge in [-0.15, -0.1) is 0 Å². The topological polar surface area (TPSA) is 36.3 Å². The summed E-state index contributed by atoms with van der Waals surface area (Å²) in [4.78, 5) is 9.06. The van der Waals surface area contributed by atoms with Gasteiger partial charge in [0.05, 0.1) is 17.8 Å². The molecule has 0 bridgehead atoms. The maximum absolute atomic E-state index is 5.93. The molecule has 0 unspecified atom stereocenters. The van der Waals surface area contributed by atoms with Crippen molar-refractivity contribution in [2.24, 2.45) is 0 Å². The molecule has 1 N–H and O–H groups in total. The van der Waals surface area contributed by atoms with E-state index in [2.05, 4.69) is 115 Å². The first-order valence-corrected chi connectivity index (χ1v) is 12.3. The minimum atomic E-state index is -0.0666. The molecule has 178 valence electrons. The van der Waals surface area contributed by atoms with E-state index in [1.807, 2.05) is 18.3 Å². The highest BCUT2D eigenvalue weighted by Crippen LogP contribution is 2.44. The van der Waals surface area contributed by atoms with Crippen molar-refractivity contribution in [3.05, 3.63) is 107 Å². The molecule has 1 fully saturated rings. The summed E-state index contributed by atoms with van der Waals surface area (Å²) in [6.07, 6.45) is 1.85. The molecule has 1 aliphatic heterocycles. The van der Waals surface area contributed by atoms with Gasteiger partial charge in [0, 0.05) is 48.7 Å². The molecule has 0 aliphatic carbocycles. The molecule has 2 aromatic carbocycles. The molecule has 35 heavy (non-hydrogen) atoms. The number of aryl methyl sites for hydroxylation is 2. The molecule has 0 spiro atoms. The summed E-state index contributed by atoms with van der Waals surface area (Å²) < 4.78 is 2.36.